The number of sulfonamides is 1. The fraction of sp³-hybridized carbons (Fsp3) is 0.200. The van der Waals surface area contributed by atoms with Gasteiger partial charge in [-0.1, -0.05) is 23.7 Å². The largest absolute Gasteiger partial charge is 0.495 e. The van der Waals surface area contributed by atoms with E-state index < -0.39 is 10.0 Å². The number of rotatable bonds is 6. The van der Waals surface area contributed by atoms with Crippen molar-refractivity contribution in [1.29, 1.82) is 0 Å². The highest BCUT2D eigenvalue weighted by Gasteiger charge is 2.18. The van der Waals surface area contributed by atoms with E-state index in [2.05, 4.69) is 4.72 Å². The summed E-state index contributed by atoms with van der Waals surface area (Å²) in [4.78, 5) is 0.0480. The van der Waals surface area contributed by atoms with E-state index in [-0.39, 0.29) is 9.92 Å². The Balaban J connectivity index is 2.32. The Labute approximate surface area is 134 Å². The summed E-state index contributed by atoms with van der Waals surface area (Å²) in [7, 11) is -2.30. The highest BCUT2D eigenvalue weighted by Crippen LogP contribution is 2.30. The first-order valence-electron chi connectivity index (χ1n) is 6.56. The minimum absolute atomic E-state index is 0.0480. The minimum Gasteiger partial charge on any atom is -0.495 e. The molecule has 0 saturated heterocycles. The van der Waals surface area contributed by atoms with Crippen LogP contribution in [0.5, 0.6) is 11.5 Å². The number of para-hydroxylation sites is 2. The van der Waals surface area contributed by atoms with Crippen molar-refractivity contribution in [2.75, 3.05) is 18.4 Å². The Morgan fingerprint density at radius 1 is 1.14 bits per heavy atom. The van der Waals surface area contributed by atoms with Gasteiger partial charge in [-0.2, -0.15) is 0 Å². The lowest BCUT2D eigenvalue weighted by molar-refractivity contribution is 0.340. The summed E-state index contributed by atoms with van der Waals surface area (Å²) < 4.78 is 37.8. The third-order valence-corrected chi connectivity index (χ3v) is 4.52. The van der Waals surface area contributed by atoms with Crippen molar-refractivity contribution in [2.45, 2.75) is 11.8 Å². The van der Waals surface area contributed by atoms with Crippen LogP contribution in [-0.2, 0) is 10.0 Å². The van der Waals surface area contributed by atoms with Gasteiger partial charge in [0.1, 0.15) is 11.5 Å². The molecule has 5 nitrogen and oxygen atoms in total. The minimum atomic E-state index is -3.77. The van der Waals surface area contributed by atoms with Crippen LogP contribution in [-0.4, -0.2) is 22.1 Å². The van der Waals surface area contributed by atoms with Gasteiger partial charge in [0.2, 0.25) is 0 Å². The average molecular weight is 342 g/mol. The molecule has 0 amide bonds. The van der Waals surface area contributed by atoms with Crippen LogP contribution in [0, 0.1) is 0 Å². The van der Waals surface area contributed by atoms with E-state index in [0.29, 0.717) is 23.8 Å². The van der Waals surface area contributed by atoms with Gasteiger partial charge >= 0.3 is 0 Å². The fourth-order valence-electron chi connectivity index (χ4n) is 1.85. The summed E-state index contributed by atoms with van der Waals surface area (Å²) in [6.07, 6.45) is 0. The van der Waals surface area contributed by atoms with Gasteiger partial charge in [-0.05, 0) is 37.3 Å². The zero-order valence-electron chi connectivity index (χ0n) is 12.2. The molecule has 118 valence electrons. The molecule has 1 N–H and O–H groups in total. The normalized spacial score (nSPS) is 11.0. The predicted octanol–water partition coefficient (Wildman–Crippen LogP) is 3.55. The number of benzene rings is 2. The molecule has 0 aliphatic heterocycles. The van der Waals surface area contributed by atoms with E-state index in [0.717, 1.165) is 0 Å². The molecule has 0 unspecified atom stereocenters. The Morgan fingerprint density at radius 2 is 1.86 bits per heavy atom. The van der Waals surface area contributed by atoms with Crippen molar-refractivity contribution in [3.05, 3.63) is 47.5 Å². The molecule has 2 rings (SSSR count). The van der Waals surface area contributed by atoms with Gasteiger partial charge in [-0.25, -0.2) is 8.42 Å². The molecular formula is C15H16ClNO4S. The van der Waals surface area contributed by atoms with Crippen LogP contribution in [0.25, 0.3) is 0 Å². The molecule has 0 heterocycles. The topological polar surface area (TPSA) is 64.6 Å². The molecule has 0 fully saturated rings. The Morgan fingerprint density at radius 3 is 2.50 bits per heavy atom. The molecule has 22 heavy (non-hydrogen) atoms. The van der Waals surface area contributed by atoms with Crippen LogP contribution in [0.2, 0.25) is 5.02 Å². The van der Waals surface area contributed by atoms with Crippen molar-refractivity contribution >= 4 is 27.3 Å². The van der Waals surface area contributed by atoms with Gasteiger partial charge in [0.25, 0.3) is 10.0 Å². The summed E-state index contributed by atoms with van der Waals surface area (Å²) >= 11 is 6.03. The molecule has 2 aromatic rings. The molecule has 0 saturated carbocycles. The lowest BCUT2D eigenvalue weighted by Crippen LogP contribution is -2.13. The molecule has 0 atom stereocenters. The lowest BCUT2D eigenvalue weighted by Gasteiger charge is -2.12. The second-order valence-electron chi connectivity index (χ2n) is 4.33. The molecule has 7 heteroatoms. The molecule has 0 aliphatic carbocycles. The average Bonchev–Trinajstić information content (AvgIpc) is 2.49. The monoisotopic (exact) mass is 341 g/mol. The van der Waals surface area contributed by atoms with E-state index >= 15 is 0 Å². The Hall–Kier alpha value is -1.92. The van der Waals surface area contributed by atoms with Crippen LogP contribution in [0.3, 0.4) is 0 Å². The second kappa shape index (κ2) is 6.89. The van der Waals surface area contributed by atoms with Gasteiger partial charge in [0, 0.05) is 0 Å². The zero-order valence-corrected chi connectivity index (χ0v) is 13.7. The first kappa shape index (κ1) is 16.5. The van der Waals surface area contributed by atoms with E-state index in [1.807, 2.05) is 6.92 Å². The van der Waals surface area contributed by atoms with Crippen molar-refractivity contribution in [1.82, 2.24) is 0 Å². The van der Waals surface area contributed by atoms with Crippen LogP contribution in [0.15, 0.2) is 47.4 Å². The highest BCUT2D eigenvalue weighted by atomic mass is 35.5. The highest BCUT2D eigenvalue weighted by molar-refractivity contribution is 7.92. The second-order valence-corrected chi connectivity index (χ2v) is 6.42. The first-order chi connectivity index (χ1) is 10.5. The lowest BCUT2D eigenvalue weighted by atomic mass is 10.3. The maximum Gasteiger partial charge on any atom is 0.262 e. The summed E-state index contributed by atoms with van der Waals surface area (Å²) in [5.41, 5.74) is 0.356. The fourth-order valence-corrected chi connectivity index (χ4v) is 3.25. The van der Waals surface area contributed by atoms with E-state index in [1.54, 1.807) is 24.3 Å². The molecule has 2 aromatic carbocycles. The van der Waals surface area contributed by atoms with Gasteiger partial charge in [-0.3, -0.25) is 4.72 Å². The molecule has 0 aliphatic rings. The number of nitrogens with one attached hydrogen (secondary N) is 1. The van der Waals surface area contributed by atoms with Gasteiger partial charge < -0.3 is 9.47 Å². The smallest absolute Gasteiger partial charge is 0.262 e. The molecule has 0 bridgehead atoms. The number of ether oxygens (including phenoxy) is 2. The standard InChI is InChI=1S/C15H16ClNO4S/c1-3-21-14-9-8-11(10-12(14)16)22(18,19)17-13-6-4-5-7-15(13)20-2/h4-10,17H,3H2,1-2H3. The SMILES string of the molecule is CCOc1ccc(S(=O)(=O)Nc2ccccc2OC)cc1Cl. The van der Waals surface area contributed by atoms with Crippen molar-refractivity contribution in [3.63, 3.8) is 0 Å². The molecule has 0 spiro atoms. The van der Waals surface area contributed by atoms with E-state index in [4.69, 9.17) is 21.1 Å². The van der Waals surface area contributed by atoms with Gasteiger partial charge in [0.15, 0.2) is 0 Å². The summed E-state index contributed by atoms with van der Waals surface area (Å²) in [6, 6.07) is 11.1. The van der Waals surface area contributed by atoms with Crippen molar-refractivity contribution in [2.24, 2.45) is 0 Å². The number of halogens is 1. The Bertz CT molecular complexity index is 762. The summed E-state index contributed by atoms with van der Waals surface area (Å²) in [6.45, 7) is 2.27. The van der Waals surface area contributed by atoms with Crippen LogP contribution < -0.4 is 14.2 Å². The predicted molar refractivity (Wildman–Crippen MR) is 86.4 cm³/mol. The number of anilines is 1. The third kappa shape index (κ3) is 3.64. The van der Waals surface area contributed by atoms with E-state index in [1.165, 1.54) is 25.3 Å². The van der Waals surface area contributed by atoms with Crippen molar-refractivity contribution in [3.8, 4) is 11.5 Å². The van der Waals surface area contributed by atoms with E-state index in [9.17, 15) is 8.42 Å². The van der Waals surface area contributed by atoms with Crippen LogP contribution >= 0.6 is 11.6 Å². The summed E-state index contributed by atoms with van der Waals surface area (Å²) in [5.74, 6) is 0.878. The maximum absolute atomic E-state index is 12.4. The van der Waals surface area contributed by atoms with Crippen LogP contribution in [0.4, 0.5) is 5.69 Å². The quantitative estimate of drug-likeness (QED) is 0.872. The number of hydrogen-bond donors (Lipinski definition) is 1. The van der Waals surface area contributed by atoms with Crippen molar-refractivity contribution < 1.29 is 17.9 Å². The third-order valence-electron chi connectivity index (χ3n) is 2.86. The van der Waals surface area contributed by atoms with Crippen LogP contribution in [0.1, 0.15) is 6.92 Å². The zero-order chi connectivity index (χ0) is 16.2. The molecular weight excluding hydrogens is 326 g/mol. The maximum atomic E-state index is 12.4. The van der Waals surface area contributed by atoms with Gasteiger partial charge in [-0.15, -0.1) is 0 Å². The van der Waals surface area contributed by atoms with Gasteiger partial charge in [0.05, 0.1) is 29.3 Å². The molecule has 0 radical (unpaired) electrons. The first-order valence-corrected chi connectivity index (χ1v) is 8.42. The molecule has 0 aromatic heterocycles. The Kier molecular flexibility index (Phi) is 5.15. The summed E-state index contributed by atoms with van der Waals surface area (Å²) in [5, 5.41) is 0.241. The number of methoxy groups -OCH3 is 1. The number of hydrogen-bond acceptors (Lipinski definition) is 4.